The first-order chi connectivity index (χ1) is 27.7. The van der Waals surface area contributed by atoms with Gasteiger partial charge >= 0.3 is 0 Å². The minimum absolute atomic E-state index is 0.546. The second-order valence-electron chi connectivity index (χ2n) is 14.0. The number of hydrogen-bond acceptors (Lipinski definition) is 4. The summed E-state index contributed by atoms with van der Waals surface area (Å²) in [5, 5.41) is 4.40. The topological polar surface area (TPSA) is 56.7 Å². The van der Waals surface area contributed by atoms with Gasteiger partial charge in [0.15, 0.2) is 11.6 Å². The van der Waals surface area contributed by atoms with Crippen molar-refractivity contribution in [2.24, 2.45) is 0 Å². The van der Waals surface area contributed by atoms with Crippen LogP contribution in [0, 0.1) is 0 Å². The number of aromatic nitrogens is 4. The Kier molecular flexibility index (Phi) is 7.42. The van der Waals surface area contributed by atoms with E-state index in [4.69, 9.17) is 19.4 Å². The summed E-state index contributed by atoms with van der Waals surface area (Å²) >= 11 is 0. The van der Waals surface area contributed by atoms with E-state index in [1.165, 1.54) is 5.56 Å². The Morgan fingerprint density at radius 1 is 0.339 bits per heavy atom. The van der Waals surface area contributed by atoms with Gasteiger partial charge in [0.05, 0.1) is 11.0 Å². The quantitative estimate of drug-likeness (QED) is 0.172. The summed E-state index contributed by atoms with van der Waals surface area (Å²) in [5.41, 5.74) is 12.2. The molecule has 5 nitrogen and oxygen atoms in total. The lowest BCUT2D eigenvalue weighted by Crippen LogP contribution is -2.06. The molecule has 0 unspecified atom stereocenters. The molecule has 0 atom stereocenters. The van der Waals surface area contributed by atoms with Gasteiger partial charge in [-0.1, -0.05) is 152 Å². The normalized spacial score (nSPS) is 11.6. The minimum atomic E-state index is 0.546. The Morgan fingerprint density at radius 2 is 0.911 bits per heavy atom. The molecule has 8 aromatic carbocycles. The van der Waals surface area contributed by atoms with E-state index in [9.17, 15) is 0 Å². The molecule has 0 aliphatic heterocycles. The number of benzene rings is 8. The Labute approximate surface area is 322 Å². The van der Waals surface area contributed by atoms with Crippen molar-refractivity contribution in [3.63, 3.8) is 0 Å². The molecule has 262 valence electrons. The van der Waals surface area contributed by atoms with Crippen molar-refractivity contribution in [3.05, 3.63) is 194 Å². The van der Waals surface area contributed by atoms with Crippen LogP contribution in [0.1, 0.15) is 0 Å². The van der Waals surface area contributed by atoms with Crippen LogP contribution in [-0.4, -0.2) is 19.5 Å². The van der Waals surface area contributed by atoms with Crippen molar-refractivity contribution >= 4 is 43.7 Å². The molecule has 0 amide bonds. The lowest BCUT2D eigenvalue weighted by Gasteiger charge is -2.12. The standard InChI is InChI=1S/C51H32N4O/c1-4-14-33(15-5-1)36-20-12-21-38(30-36)49-52-50(39-26-28-42-47(32-39)56-46-25-13-23-40(48(42)46)35-18-8-3-9-19-35)54-51(53-49)55-44-24-11-10-22-41(44)43-31-37(27-29-45(43)55)34-16-6-2-7-17-34/h1-32H. The maximum atomic E-state index is 6.55. The molecule has 0 radical (unpaired) electrons. The van der Waals surface area contributed by atoms with Gasteiger partial charge in [-0.3, -0.25) is 4.57 Å². The zero-order valence-corrected chi connectivity index (χ0v) is 30.2. The van der Waals surface area contributed by atoms with E-state index in [1.807, 2.05) is 24.3 Å². The van der Waals surface area contributed by atoms with E-state index in [0.29, 0.717) is 17.6 Å². The van der Waals surface area contributed by atoms with Crippen molar-refractivity contribution in [3.8, 4) is 62.1 Å². The second kappa shape index (κ2) is 13.0. The SMILES string of the molecule is c1ccc(-c2cccc(-c3nc(-c4ccc5c(c4)oc4cccc(-c6ccccc6)c45)nc(-n4c5ccccc5c5cc(-c6ccccc6)ccc54)n3)c2)cc1. The molecule has 0 bridgehead atoms. The van der Waals surface area contributed by atoms with Crippen LogP contribution in [0.4, 0.5) is 0 Å². The average Bonchev–Trinajstić information content (AvgIpc) is 3.82. The van der Waals surface area contributed by atoms with E-state index in [-0.39, 0.29) is 0 Å². The summed E-state index contributed by atoms with van der Waals surface area (Å²) < 4.78 is 8.71. The number of rotatable bonds is 6. The molecule has 0 aliphatic rings. The fourth-order valence-corrected chi connectivity index (χ4v) is 8.01. The van der Waals surface area contributed by atoms with E-state index < -0.39 is 0 Å². The van der Waals surface area contributed by atoms with Gasteiger partial charge in [0.1, 0.15) is 11.2 Å². The predicted octanol–water partition coefficient (Wildman–Crippen LogP) is 13.2. The fraction of sp³-hybridized carbons (Fsp3) is 0. The lowest BCUT2D eigenvalue weighted by atomic mass is 9.99. The highest BCUT2D eigenvalue weighted by Crippen LogP contribution is 2.39. The molecule has 11 rings (SSSR count). The Morgan fingerprint density at radius 3 is 1.66 bits per heavy atom. The maximum absolute atomic E-state index is 6.55. The van der Waals surface area contributed by atoms with Crippen molar-refractivity contribution in [2.75, 3.05) is 0 Å². The van der Waals surface area contributed by atoms with Gasteiger partial charge < -0.3 is 4.42 Å². The predicted molar refractivity (Wildman–Crippen MR) is 229 cm³/mol. The number of para-hydroxylation sites is 1. The van der Waals surface area contributed by atoms with Crippen LogP contribution in [0.2, 0.25) is 0 Å². The first-order valence-corrected chi connectivity index (χ1v) is 18.8. The molecular formula is C51H32N4O. The molecular weight excluding hydrogens is 685 g/mol. The van der Waals surface area contributed by atoms with Crippen LogP contribution in [0.5, 0.6) is 0 Å². The average molecular weight is 717 g/mol. The summed E-state index contributed by atoms with van der Waals surface area (Å²) in [4.78, 5) is 15.7. The van der Waals surface area contributed by atoms with Gasteiger partial charge in [0, 0.05) is 32.7 Å². The van der Waals surface area contributed by atoms with Gasteiger partial charge in [-0.15, -0.1) is 0 Å². The highest BCUT2D eigenvalue weighted by molar-refractivity contribution is 6.13. The van der Waals surface area contributed by atoms with Gasteiger partial charge in [-0.2, -0.15) is 9.97 Å². The van der Waals surface area contributed by atoms with Crippen LogP contribution < -0.4 is 0 Å². The molecule has 0 spiro atoms. The maximum Gasteiger partial charge on any atom is 0.238 e. The smallest absolute Gasteiger partial charge is 0.238 e. The molecule has 0 fully saturated rings. The molecule has 0 saturated carbocycles. The summed E-state index contributed by atoms with van der Waals surface area (Å²) in [7, 11) is 0. The first-order valence-electron chi connectivity index (χ1n) is 18.8. The first kappa shape index (κ1) is 31.9. The third-order valence-electron chi connectivity index (χ3n) is 10.7. The van der Waals surface area contributed by atoms with E-state index in [1.54, 1.807) is 0 Å². The molecule has 0 N–H and O–H groups in total. The van der Waals surface area contributed by atoms with Crippen LogP contribution in [-0.2, 0) is 0 Å². The highest BCUT2D eigenvalue weighted by atomic mass is 16.3. The van der Waals surface area contributed by atoms with Gasteiger partial charge in [-0.25, -0.2) is 4.98 Å². The zero-order chi connectivity index (χ0) is 37.0. The molecule has 3 aromatic heterocycles. The number of fused-ring (bicyclic) bond motifs is 6. The molecule has 0 saturated heterocycles. The van der Waals surface area contributed by atoms with Crippen molar-refractivity contribution in [2.45, 2.75) is 0 Å². The fourth-order valence-electron chi connectivity index (χ4n) is 8.01. The summed E-state index contributed by atoms with van der Waals surface area (Å²) in [6.07, 6.45) is 0. The molecule has 3 heterocycles. The van der Waals surface area contributed by atoms with E-state index >= 15 is 0 Å². The van der Waals surface area contributed by atoms with Gasteiger partial charge in [0.2, 0.25) is 5.95 Å². The van der Waals surface area contributed by atoms with Crippen molar-refractivity contribution in [1.82, 2.24) is 19.5 Å². The molecule has 11 aromatic rings. The third-order valence-corrected chi connectivity index (χ3v) is 10.7. The number of nitrogens with zero attached hydrogens (tertiary/aromatic N) is 4. The molecule has 5 heteroatoms. The van der Waals surface area contributed by atoms with Gasteiger partial charge in [0.25, 0.3) is 0 Å². The molecule has 0 aliphatic carbocycles. The van der Waals surface area contributed by atoms with Crippen LogP contribution >= 0.6 is 0 Å². The summed E-state index contributed by atoms with van der Waals surface area (Å²) in [5.74, 6) is 1.70. The van der Waals surface area contributed by atoms with Crippen molar-refractivity contribution < 1.29 is 4.42 Å². The second-order valence-corrected chi connectivity index (χ2v) is 14.0. The summed E-state index contributed by atoms with van der Waals surface area (Å²) in [6, 6.07) is 67.4. The largest absolute Gasteiger partial charge is 0.456 e. The summed E-state index contributed by atoms with van der Waals surface area (Å²) in [6.45, 7) is 0. The van der Waals surface area contributed by atoms with Crippen LogP contribution in [0.15, 0.2) is 199 Å². The number of furan rings is 1. The van der Waals surface area contributed by atoms with E-state index in [0.717, 1.165) is 82.7 Å². The van der Waals surface area contributed by atoms with Gasteiger partial charge in [-0.05, 0) is 75.8 Å². The Hall–Kier alpha value is -7.63. The van der Waals surface area contributed by atoms with Crippen LogP contribution in [0.25, 0.3) is 106 Å². The lowest BCUT2D eigenvalue weighted by molar-refractivity contribution is 0.669. The highest BCUT2D eigenvalue weighted by Gasteiger charge is 2.20. The Bertz CT molecular complexity index is 3240. The number of hydrogen-bond donors (Lipinski definition) is 0. The minimum Gasteiger partial charge on any atom is -0.456 e. The van der Waals surface area contributed by atoms with E-state index in [2.05, 4.69) is 174 Å². The van der Waals surface area contributed by atoms with Crippen molar-refractivity contribution in [1.29, 1.82) is 0 Å². The zero-order valence-electron chi connectivity index (χ0n) is 30.2. The third kappa shape index (κ3) is 5.37. The Balaban J connectivity index is 1.13. The molecule has 56 heavy (non-hydrogen) atoms. The monoisotopic (exact) mass is 716 g/mol. The van der Waals surface area contributed by atoms with Crippen LogP contribution in [0.3, 0.4) is 0 Å².